The molecule has 0 amide bonds. The van der Waals surface area contributed by atoms with Crippen molar-refractivity contribution in [1.82, 2.24) is 5.32 Å². The van der Waals surface area contributed by atoms with Crippen molar-refractivity contribution >= 4 is 15.9 Å². The van der Waals surface area contributed by atoms with Crippen LogP contribution in [0, 0.1) is 6.92 Å². The molecule has 0 heterocycles. The van der Waals surface area contributed by atoms with Gasteiger partial charge in [0.05, 0.1) is 0 Å². The van der Waals surface area contributed by atoms with Crippen molar-refractivity contribution in [3.63, 3.8) is 0 Å². The molecule has 1 aliphatic rings. The Morgan fingerprint density at radius 1 is 1.13 bits per heavy atom. The first kappa shape index (κ1) is 16.5. The molecule has 0 aromatic heterocycles. The van der Waals surface area contributed by atoms with E-state index in [9.17, 15) is 0 Å². The van der Waals surface area contributed by atoms with Crippen molar-refractivity contribution in [2.24, 2.45) is 0 Å². The highest BCUT2D eigenvalue weighted by molar-refractivity contribution is 9.10. The average molecular weight is 374 g/mol. The Morgan fingerprint density at radius 3 is 2.74 bits per heavy atom. The molecule has 122 valence electrons. The first-order valence-corrected chi connectivity index (χ1v) is 9.20. The number of halogens is 1. The summed E-state index contributed by atoms with van der Waals surface area (Å²) in [7, 11) is 0. The summed E-state index contributed by atoms with van der Waals surface area (Å²) in [6, 6.07) is 15.4. The van der Waals surface area contributed by atoms with Crippen molar-refractivity contribution in [3.05, 3.63) is 63.6 Å². The van der Waals surface area contributed by atoms with Gasteiger partial charge in [0.2, 0.25) is 0 Å². The zero-order chi connectivity index (χ0) is 16.1. The molecule has 2 nitrogen and oxygen atoms in total. The maximum atomic E-state index is 6.09. The van der Waals surface area contributed by atoms with Gasteiger partial charge in [0, 0.05) is 22.6 Å². The molecule has 0 radical (unpaired) electrons. The Morgan fingerprint density at radius 2 is 1.96 bits per heavy atom. The van der Waals surface area contributed by atoms with E-state index < -0.39 is 0 Å². The number of ether oxygens (including phenoxy) is 1. The predicted octanol–water partition coefficient (Wildman–Crippen LogP) is 5.37. The summed E-state index contributed by atoms with van der Waals surface area (Å²) < 4.78 is 7.19. The maximum absolute atomic E-state index is 6.09. The summed E-state index contributed by atoms with van der Waals surface area (Å²) in [5.74, 6) is 0.972. The summed E-state index contributed by atoms with van der Waals surface area (Å²) >= 11 is 3.57. The lowest BCUT2D eigenvalue weighted by atomic mass is 10.1. The predicted molar refractivity (Wildman–Crippen MR) is 98.7 cm³/mol. The van der Waals surface area contributed by atoms with E-state index in [2.05, 4.69) is 64.6 Å². The van der Waals surface area contributed by atoms with Crippen LogP contribution in [-0.2, 0) is 13.2 Å². The van der Waals surface area contributed by atoms with E-state index in [0.29, 0.717) is 12.6 Å². The minimum atomic E-state index is 0.611. The summed E-state index contributed by atoms with van der Waals surface area (Å²) in [6.07, 6.45) is 5.31. The normalized spacial score (nSPS) is 15.0. The third-order valence-corrected chi connectivity index (χ3v) is 4.93. The SMILES string of the molecule is Cc1cccc(COc2ccc(Br)cc2CNC2CCCC2)c1. The van der Waals surface area contributed by atoms with Gasteiger partial charge in [-0.2, -0.15) is 0 Å². The van der Waals surface area contributed by atoms with Crippen LogP contribution >= 0.6 is 15.9 Å². The van der Waals surface area contributed by atoms with E-state index in [4.69, 9.17) is 4.74 Å². The highest BCUT2D eigenvalue weighted by Gasteiger charge is 2.15. The zero-order valence-corrected chi connectivity index (χ0v) is 15.2. The lowest BCUT2D eigenvalue weighted by Crippen LogP contribution is -2.25. The number of nitrogens with one attached hydrogen (secondary N) is 1. The lowest BCUT2D eigenvalue weighted by molar-refractivity contribution is 0.301. The first-order chi connectivity index (χ1) is 11.2. The van der Waals surface area contributed by atoms with Crippen LogP contribution in [-0.4, -0.2) is 6.04 Å². The van der Waals surface area contributed by atoms with Gasteiger partial charge in [-0.25, -0.2) is 0 Å². The standard InChI is InChI=1S/C20H24BrNO/c1-15-5-4-6-16(11-15)14-23-20-10-9-18(21)12-17(20)13-22-19-7-2-3-8-19/h4-6,9-12,19,22H,2-3,7-8,13-14H2,1H3. The fraction of sp³-hybridized carbons (Fsp3) is 0.400. The van der Waals surface area contributed by atoms with E-state index >= 15 is 0 Å². The Bertz CT molecular complexity index is 650. The molecule has 23 heavy (non-hydrogen) atoms. The number of aryl methyl sites for hydroxylation is 1. The lowest BCUT2D eigenvalue weighted by Gasteiger charge is -2.16. The van der Waals surface area contributed by atoms with Crippen LogP contribution in [0.15, 0.2) is 46.9 Å². The monoisotopic (exact) mass is 373 g/mol. The molecular weight excluding hydrogens is 350 g/mol. The molecule has 0 atom stereocenters. The highest BCUT2D eigenvalue weighted by atomic mass is 79.9. The molecule has 2 aromatic rings. The van der Waals surface area contributed by atoms with Crippen molar-refractivity contribution in [2.75, 3.05) is 0 Å². The molecule has 0 spiro atoms. The molecule has 1 saturated carbocycles. The fourth-order valence-electron chi connectivity index (χ4n) is 3.17. The summed E-state index contributed by atoms with van der Waals surface area (Å²) in [5, 5.41) is 3.67. The summed E-state index contributed by atoms with van der Waals surface area (Å²) in [4.78, 5) is 0. The van der Waals surface area contributed by atoms with Crippen LogP contribution in [0.1, 0.15) is 42.4 Å². The van der Waals surface area contributed by atoms with Gasteiger partial charge in [-0.3, -0.25) is 0 Å². The fourth-order valence-corrected chi connectivity index (χ4v) is 3.58. The van der Waals surface area contributed by atoms with E-state index in [0.717, 1.165) is 16.8 Å². The molecule has 0 saturated heterocycles. The van der Waals surface area contributed by atoms with E-state index in [1.54, 1.807) is 0 Å². The third kappa shape index (κ3) is 4.82. The molecular formula is C20H24BrNO. The van der Waals surface area contributed by atoms with Crippen LogP contribution in [0.3, 0.4) is 0 Å². The van der Waals surface area contributed by atoms with Crippen molar-refractivity contribution in [1.29, 1.82) is 0 Å². The summed E-state index contributed by atoms with van der Waals surface area (Å²) in [6.45, 7) is 3.59. The van der Waals surface area contributed by atoms with E-state index in [1.807, 2.05) is 6.07 Å². The van der Waals surface area contributed by atoms with Gasteiger partial charge in [-0.1, -0.05) is 58.6 Å². The molecule has 1 fully saturated rings. The van der Waals surface area contributed by atoms with Crippen molar-refractivity contribution < 1.29 is 4.74 Å². The quantitative estimate of drug-likeness (QED) is 0.734. The van der Waals surface area contributed by atoms with Crippen LogP contribution in [0.5, 0.6) is 5.75 Å². The molecule has 2 aromatic carbocycles. The van der Waals surface area contributed by atoms with E-state index in [1.165, 1.54) is 42.4 Å². The molecule has 0 unspecified atom stereocenters. The van der Waals surface area contributed by atoms with Gasteiger partial charge < -0.3 is 10.1 Å². The highest BCUT2D eigenvalue weighted by Crippen LogP contribution is 2.25. The minimum absolute atomic E-state index is 0.611. The molecule has 0 aliphatic heterocycles. The Labute approximate surface area is 147 Å². The Balaban J connectivity index is 1.65. The van der Waals surface area contributed by atoms with E-state index in [-0.39, 0.29) is 0 Å². The maximum Gasteiger partial charge on any atom is 0.124 e. The molecule has 1 aliphatic carbocycles. The third-order valence-electron chi connectivity index (χ3n) is 4.44. The Kier molecular flexibility index (Phi) is 5.74. The largest absolute Gasteiger partial charge is 0.489 e. The second kappa shape index (κ2) is 7.98. The first-order valence-electron chi connectivity index (χ1n) is 8.41. The van der Waals surface area contributed by atoms with Gasteiger partial charge >= 0.3 is 0 Å². The number of hydrogen-bond donors (Lipinski definition) is 1. The molecule has 3 heteroatoms. The van der Waals surface area contributed by atoms with Crippen molar-refractivity contribution in [2.45, 2.75) is 51.8 Å². The van der Waals surface area contributed by atoms with Crippen LogP contribution < -0.4 is 10.1 Å². The molecule has 3 rings (SSSR count). The number of hydrogen-bond acceptors (Lipinski definition) is 2. The average Bonchev–Trinajstić information content (AvgIpc) is 3.05. The van der Waals surface area contributed by atoms with Gasteiger partial charge in [0.25, 0.3) is 0 Å². The van der Waals surface area contributed by atoms with Crippen LogP contribution in [0.2, 0.25) is 0 Å². The number of benzene rings is 2. The molecule has 1 N–H and O–H groups in total. The smallest absolute Gasteiger partial charge is 0.124 e. The van der Waals surface area contributed by atoms with Gasteiger partial charge in [-0.05, 0) is 43.5 Å². The Hall–Kier alpha value is -1.32. The van der Waals surface area contributed by atoms with Crippen LogP contribution in [0.25, 0.3) is 0 Å². The van der Waals surface area contributed by atoms with Gasteiger partial charge in [0.15, 0.2) is 0 Å². The minimum Gasteiger partial charge on any atom is -0.489 e. The van der Waals surface area contributed by atoms with Crippen LogP contribution in [0.4, 0.5) is 0 Å². The van der Waals surface area contributed by atoms with Crippen molar-refractivity contribution in [3.8, 4) is 5.75 Å². The topological polar surface area (TPSA) is 21.3 Å². The second-order valence-electron chi connectivity index (χ2n) is 6.39. The summed E-state index contributed by atoms with van der Waals surface area (Å²) in [5.41, 5.74) is 3.70. The zero-order valence-electron chi connectivity index (χ0n) is 13.6. The van der Waals surface area contributed by atoms with Gasteiger partial charge in [0.1, 0.15) is 12.4 Å². The second-order valence-corrected chi connectivity index (χ2v) is 7.31. The molecule has 0 bridgehead atoms. The number of rotatable bonds is 6. The van der Waals surface area contributed by atoms with Gasteiger partial charge in [-0.15, -0.1) is 0 Å².